The van der Waals surface area contributed by atoms with Crippen LogP contribution in [-0.4, -0.2) is 25.2 Å². The molecule has 0 spiro atoms. The van der Waals surface area contributed by atoms with Crippen LogP contribution in [0.1, 0.15) is 5.56 Å². The molecule has 0 unspecified atom stereocenters. The Morgan fingerprint density at radius 1 is 1.50 bits per heavy atom. The summed E-state index contributed by atoms with van der Waals surface area (Å²) in [4.78, 5) is 3.42. The summed E-state index contributed by atoms with van der Waals surface area (Å²) in [6.45, 7) is 0.572. The molecule has 1 rings (SSSR count). The summed E-state index contributed by atoms with van der Waals surface area (Å²) in [7, 11) is 1.47. The zero-order valence-electron chi connectivity index (χ0n) is 8.64. The smallest absolute Gasteiger partial charge is 0.384 e. The Hall–Kier alpha value is -1.50. The highest BCUT2D eigenvalue weighted by atomic mass is 19.4. The van der Waals surface area contributed by atoms with Crippen molar-refractivity contribution >= 4 is 11.5 Å². The average Bonchev–Trinajstić information content (AvgIpc) is 2.16. The van der Waals surface area contributed by atoms with E-state index in [1.807, 2.05) is 0 Å². The minimum atomic E-state index is -4.45. The highest BCUT2D eigenvalue weighted by Gasteiger charge is 2.34. The minimum absolute atomic E-state index is 0.0351. The number of ether oxygens (including phenoxy) is 1. The van der Waals surface area contributed by atoms with E-state index >= 15 is 0 Å². The van der Waals surface area contributed by atoms with Crippen LogP contribution < -0.4 is 11.1 Å². The lowest BCUT2D eigenvalue weighted by atomic mass is 10.2. The van der Waals surface area contributed by atoms with Crippen molar-refractivity contribution in [2.24, 2.45) is 0 Å². The lowest BCUT2D eigenvalue weighted by molar-refractivity contribution is -0.137. The monoisotopic (exact) mass is 235 g/mol. The molecule has 1 heterocycles. The van der Waals surface area contributed by atoms with Crippen molar-refractivity contribution in [2.75, 3.05) is 31.3 Å². The van der Waals surface area contributed by atoms with Crippen molar-refractivity contribution in [3.63, 3.8) is 0 Å². The molecule has 0 atom stereocenters. The molecule has 0 aromatic carbocycles. The predicted molar refractivity (Wildman–Crippen MR) is 54.0 cm³/mol. The average molecular weight is 235 g/mol. The van der Waals surface area contributed by atoms with Crippen LogP contribution in [0.4, 0.5) is 24.7 Å². The third-order valence-corrected chi connectivity index (χ3v) is 1.85. The fourth-order valence-electron chi connectivity index (χ4n) is 1.13. The van der Waals surface area contributed by atoms with Crippen LogP contribution in [-0.2, 0) is 10.9 Å². The Morgan fingerprint density at radius 2 is 2.19 bits per heavy atom. The number of hydrogen-bond donors (Lipinski definition) is 2. The van der Waals surface area contributed by atoms with Gasteiger partial charge < -0.3 is 15.8 Å². The molecule has 3 N–H and O–H groups in total. The molecule has 0 amide bonds. The Morgan fingerprint density at radius 3 is 2.75 bits per heavy atom. The number of anilines is 2. The molecule has 0 radical (unpaired) electrons. The second-order valence-electron chi connectivity index (χ2n) is 3.07. The Kier molecular flexibility index (Phi) is 3.94. The van der Waals surface area contributed by atoms with E-state index in [0.29, 0.717) is 12.8 Å². The Bertz CT molecular complexity index is 354. The van der Waals surface area contributed by atoms with Crippen LogP contribution in [0.2, 0.25) is 0 Å². The topological polar surface area (TPSA) is 60.2 Å². The molecule has 4 nitrogen and oxygen atoms in total. The van der Waals surface area contributed by atoms with Gasteiger partial charge >= 0.3 is 6.18 Å². The second-order valence-corrected chi connectivity index (χ2v) is 3.07. The number of nitrogens with one attached hydrogen (secondary N) is 1. The van der Waals surface area contributed by atoms with Crippen molar-refractivity contribution in [1.29, 1.82) is 0 Å². The van der Waals surface area contributed by atoms with Gasteiger partial charge in [0.2, 0.25) is 0 Å². The van der Waals surface area contributed by atoms with E-state index in [1.54, 1.807) is 0 Å². The van der Waals surface area contributed by atoms with E-state index < -0.39 is 11.7 Å². The lowest BCUT2D eigenvalue weighted by Crippen LogP contribution is -2.15. The van der Waals surface area contributed by atoms with Crippen molar-refractivity contribution in [1.82, 2.24) is 4.98 Å². The third kappa shape index (κ3) is 3.27. The fourth-order valence-corrected chi connectivity index (χ4v) is 1.13. The molecule has 0 aliphatic carbocycles. The van der Waals surface area contributed by atoms with Gasteiger partial charge in [0.05, 0.1) is 17.9 Å². The van der Waals surface area contributed by atoms with E-state index in [1.165, 1.54) is 7.11 Å². The number of methoxy groups -OCH3 is 1. The van der Waals surface area contributed by atoms with Gasteiger partial charge in [0.1, 0.15) is 5.82 Å². The zero-order chi connectivity index (χ0) is 12.2. The van der Waals surface area contributed by atoms with Gasteiger partial charge in [-0.15, -0.1) is 0 Å². The quantitative estimate of drug-likeness (QED) is 0.780. The first kappa shape index (κ1) is 12.6. The van der Waals surface area contributed by atoms with Crippen molar-refractivity contribution in [3.05, 3.63) is 17.8 Å². The predicted octanol–water partition coefficient (Wildman–Crippen LogP) is 1.74. The van der Waals surface area contributed by atoms with Gasteiger partial charge in [0.15, 0.2) is 0 Å². The van der Waals surface area contributed by atoms with Gasteiger partial charge in [0.25, 0.3) is 0 Å². The summed E-state index contributed by atoms with van der Waals surface area (Å²) < 4.78 is 42.3. The van der Waals surface area contributed by atoms with Gasteiger partial charge in [-0.3, -0.25) is 0 Å². The Labute approximate surface area is 90.6 Å². The van der Waals surface area contributed by atoms with Gasteiger partial charge in [-0.05, 0) is 0 Å². The number of rotatable bonds is 4. The molecule has 0 bridgehead atoms. The second kappa shape index (κ2) is 5.02. The Balaban J connectivity index is 2.90. The SMILES string of the molecule is COCCNc1cc(N)ncc1C(F)(F)F. The molecule has 16 heavy (non-hydrogen) atoms. The van der Waals surface area contributed by atoms with E-state index in [9.17, 15) is 13.2 Å². The third-order valence-electron chi connectivity index (χ3n) is 1.85. The summed E-state index contributed by atoms with van der Waals surface area (Å²) in [6.07, 6.45) is -3.74. The number of pyridine rings is 1. The maximum atomic E-state index is 12.5. The molecule has 1 aromatic rings. The number of nitrogens with zero attached hydrogens (tertiary/aromatic N) is 1. The maximum Gasteiger partial charge on any atom is 0.419 e. The van der Waals surface area contributed by atoms with Crippen LogP contribution in [0, 0.1) is 0 Å². The van der Waals surface area contributed by atoms with Gasteiger partial charge in [0, 0.05) is 25.9 Å². The molecular weight excluding hydrogens is 223 g/mol. The molecule has 7 heteroatoms. The molecule has 0 saturated carbocycles. The van der Waals surface area contributed by atoms with E-state index in [-0.39, 0.29) is 18.1 Å². The van der Waals surface area contributed by atoms with E-state index in [4.69, 9.17) is 10.5 Å². The lowest BCUT2D eigenvalue weighted by Gasteiger charge is -2.14. The van der Waals surface area contributed by atoms with Gasteiger partial charge in [-0.25, -0.2) is 4.98 Å². The van der Waals surface area contributed by atoms with Gasteiger partial charge in [-0.1, -0.05) is 0 Å². The normalized spacial score (nSPS) is 11.5. The number of nitrogens with two attached hydrogens (primary N) is 1. The summed E-state index contributed by atoms with van der Waals surface area (Å²) in [5, 5.41) is 2.60. The first-order valence-corrected chi connectivity index (χ1v) is 4.50. The summed E-state index contributed by atoms with van der Waals surface area (Å²) in [5.41, 5.74) is 4.40. The molecule has 90 valence electrons. The van der Waals surface area contributed by atoms with Crippen LogP contribution in [0.25, 0.3) is 0 Å². The summed E-state index contributed by atoms with van der Waals surface area (Å²) >= 11 is 0. The zero-order valence-corrected chi connectivity index (χ0v) is 8.64. The summed E-state index contributed by atoms with van der Waals surface area (Å²) in [5.74, 6) is 0.0351. The number of hydrogen-bond acceptors (Lipinski definition) is 4. The first-order chi connectivity index (χ1) is 7.45. The van der Waals surface area contributed by atoms with Crippen LogP contribution in [0.3, 0.4) is 0 Å². The molecule has 0 saturated heterocycles. The van der Waals surface area contributed by atoms with E-state index in [0.717, 1.165) is 6.07 Å². The number of halogens is 3. The molecule has 0 aliphatic rings. The molecule has 1 aromatic heterocycles. The van der Waals surface area contributed by atoms with Crippen molar-refractivity contribution < 1.29 is 17.9 Å². The minimum Gasteiger partial charge on any atom is -0.384 e. The van der Waals surface area contributed by atoms with E-state index in [2.05, 4.69) is 10.3 Å². The van der Waals surface area contributed by atoms with Crippen LogP contribution in [0.5, 0.6) is 0 Å². The molecular formula is C9H12F3N3O. The first-order valence-electron chi connectivity index (χ1n) is 4.50. The van der Waals surface area contributed by atoms with Crippen LogP contribution >= 0.6 is 0 Å². The largest absolute Gasteiger partial charge is 0.419 e. The highest BCUT2D eigenvalue weighted by molar-refractivity contribution is 5.57. The number of aromatic nitrogens is 1. The molecule has 0 fully saturated rings. The number of nitrogen functional groups attached to an aromatic ring is 1. The highest BCUT2D eigenvalue weighted by Crippen LogP contribution is 2.34. The standard InChI is InChI=1S/C9H12F3N3O/c1-16-3-2-14-7-4-8(13)15-5-6(7)9(10,11)12/h4-5H,2-3H2,1H3,(H3,13,14,15). The van der Waals surface area contributed by atoms with Crippen molar-refractivity contribution in [3.8, 4) is 0 Å². The summed E-state index contributed by atoms with van der Waals surface area (Å²) in [6, 6.07) is 1.15. The number of alkyl halides is 3. The van der Waals surface area contributed by atoms with Gasteiger partial charge in [-0.2, -0.15) is 13.2 Å². The maximum absolute atomic E-state index is 12.5. The van der Waals surface area contributed by atoms with Crippen LogP contribution in [0.15, 0.2) is 12.3 Å². The van der Waals surface area contributed by atoms with Crippen molar-refractivity contribution in [2.45, 2.75) is 6.18 Å². The fraction of sp³-hybridized carbons (Fsp3) is 0.444. The molecule has 0 aliphatic heterocycles.